The number of nitrogens with one attached hydrogen (secondary N) is 2. The molecule has 0 saturated carbocycles. The van der Waals surface area contributed by atoms with Crippen LogP contribution in [0.4, 0.5) is 10.8 Å². The maximum atomic E-state index is 11.8. The molecule has 5 nitrogen and oxygen atoms in total. The SMILES string of the molecule is Cc1nnc(NC(=O)CNc2ccc(C(C)(C)C)cc2)s1. The van der Waals surface area contributed by atoms with Gasteiger partial charge < -0.3 is 5.32 Å². The quantitative estimate of drug-likeness (QED) is 0.910. The number of amides is 1. The summed E-state index contributed by atoms with van der Waals surface area (Å²) in [7, 11) is 0. The summed E-state index contributed by atoms with van der Waals surface area (Å²) >= 11 is 1.36. The van der Waals surface area contributed by atoms with Gasteiger partial charge in [0, 0.05) is 5.69 Å². The molecule has 0 fully saturated rings. The first kappa shape index (κ1) is 15.4. The zero-order chi connectivity index (χ0) is 15.5. The highest BCUT2D eigenvalue weighted by atomic mass is 32.1. The fraction of sp³-hybridized carbons (Fsp3) is 0.400. The molecule has 1 amide bonds. The molecule has 1 aromatic heterocycles. The van der Waals surface area contributed by atoms with Crippen LogP contribution in [-0.2, 0) is 10.2 Å². The standard InChI is InChI=1S/C15H20N4OS/c1-10-18-19-14(21-10)17-13(20)9-16-12-7-5-11(6-8-12)15(2,3)4/h5-8,16H,9H2,1-4H3,(H,17,19,20). The molecule has 21 heavy (non-hydrogen) atoms. The van der Waals surface area contributed by atoms with Crippen LogP contribution in [0.25, 0.3) is 0 Å². The van der Waals surface area contributed by atoms with Crippen molar-refractivity contribution in [1.82, 2.24) is 10.2 Å². The third-order valence-electron chi connectivity index (χ3n) is 2.98. The molecule has 0 spiro atoms. The lowest BCUT2D eigenvalue weighted by Gasteiger charge is -2.19. The van der Waals surface area contributed by atoms with Crippen molar-refractivity contribution < 1.29 is 4.79 Å². The van der Waals surface area contributed by atoms with Gasteiger partial charge >= 0.3 is 0 Å². The molecule has 0 radical (unpaired) electrons. The van der Waals surface area contributed by atoms with E-state index in [0.29, 0.717) is 5.13 Å². The zero-order valence-corrected chi connectivity index (χ0v) is 13.5. The zero-order valence-electron chi connectivity index (χ0n) is 12.7. The highest BCUT2D eigenvalue weighted by Gasteiger charge is 2.13. The third-order valence-corrected chi connectivity index (χ3v) is 3.73. The van der Waals surface area contributed by atoms with Gasteiger partial charge in [0.05, 0.1) is 6.54 Å². The van der Waals surface area contributed by atoms with Crippen molar-refractivity contribution in [3.05, 3.63) is 34.8 Å². The summed E-state index contributed by atoms with van der Waals surface area (Å²) in [5, 5.41) is 14.9. The van der Waals surface area contributed by atoms with Crippen molar-refractivity contribution in [3.8, 4) is 0 Å². The number of hydrogen-bond donors (Lipinski definition) is 2. The maximum Gasteiger partial charge on any atom is 0.245 e. The van der Waals surface area contributed by atoms with Crippen LogP contribution in [0, 0.1) is 6.92 Å². The molecule has 0 aliphatic rings. The van der Waals surface area contributed by atoms with Crippen LogP contribution in [-0.4, -0.2) is 22.6 Å². The molecular formula is C15H20N4OS. The van der Waals surface area contributed by atoms with Crippen molar-refractivity contribution >= 4 is 28.1 Å². The lowest BCUT2D eigenvalue weighted by Crippen LogP contribution is -2.21. The van der Waals surface area contributed by atoms with E-state index in [0.717, 1.165) is 10.7 Å². The molecule has 0 unspecified atom stereocenters. The van der Waals surface area contributed by atoms with Gasteiger partial charge in [0.15, 0.2) is 0 Å². The topological polar surface area (TPSA) is 66.9 Å². The van der Waals surface area contributed by atoms with E-state index < -0.39 is 0 Å². The predicted molar refractivity (Wildman–Crippen MR) is 86.9 cm³/mol. The molecule has 6 heteroatoms. The van der Waals surface area contributed by atoms with Crippen LogP contribution in [0.1, 0.15) is 31.3 Å². The van der Waals surface area contributed by atoms with E-state index in [9.17, 15) is 4.79 Å². The predicted octanol–water partition coefficient (Wildman–Crippen LogP) is 3.19. The molecule has 2 N–H and O–H groups in total. The van der Waals surface area contributed by atoms with Gasteiger partial charge in [0.2, 0.25) is 11.0 Å². The van der Waals surface area contributed by atoms with Crippen LogP contribution in [0.5, 0.6) is 0 Å². The van der Waals surface area contributed by atoms with Crippen LogP contribution in [0.3, 0.4) is 0 Å². The second-order valence-corrected chi connectivity index (χ2v) is 7.04. The van der Waals surface area contributed by atoms with E-state index >= 15 is 0 Å². The van der Waals surface area contributed by atoms with Gasteiger partial charge in [-0.1, -0.05) is 44.2 Å². The van der Waals surface area contributed by atoms with E-state index in [1.807, 2.05) is 19.1 Å². The Morgan fingerprint density at radius 1 is 1.19 bits per heavy atom. The van der Waals surface area contributed by atoms with Crippen LogP contribution < -0.4 is 10.6 Å². The Balaban J connectivity index is 1.86. The van der Waals surface area contributed by atoms with Crippen molar-refractivity contribution in [1.29, 1.82) is 0 Å². The summed E-state index contributed by atoms with van der Waals surface area (Å²) in [5.74, 6) is -0.133. The minimum absolute atomic E-state index is 0.131. The Bertz CT molecular complexity index is 613. The minimum Gasteiger partial charge on any atom is -0.376 e. The number of hydrogen-bond acceptors (Lipinski definition) is 5. The first-order chi connectivity index (χ1) is 9.84. The summed E-state index contributed by atoms with van der Waals surface area (Å²) in [6, 6.07) is 8.13. The van der Waals surface area contributed by atoms with E-state index in [2.05, 4.69) is 53.7 Å². The Morgan fingerprint density at radius 3 is 2.38 bits per heavy atom. The molecule has 1 aromatic carbocycles. The molecular weight excluding hydrogens is 284 g/mol. The van der Waals surface area contributed by atoms with Crippen molar-refractivity contribution in [2.45, 2.75) is 33.1 Å². The second kappa shape index (κ2) is 6.22. The molecule has 0 aliphatic carbocycles. The van der Waals surface area contributed by atoms with Gasteiger partial charge in [-0.15, -0.1) is 10.2 Å². The number of aryl methyl sites for hydroxylation is 1. The molecule has 1 heterocycles. The van der Waals surface area contributed by atoms with Crippen molar-refractivity contribution in [2.75, 3.05) is 17.2 Å². The first-order valence-corrected chi connectivity index (χ1v) is 7.60. The fourth-order valence-electron chi connectivity index (χ4n) is 1.78. The number of benzene rings is 1. The van der Waals surface area contributed by atoms with E-state index in [4.69, 9.17) is 0 Å². The lowest BCUT2D eigenvalue weighted by molar-refractivity contribution is -0.114. The molecule has 0 bridgehead atoms. The lowest BCUT2D eigenvalue weighted by atomic mass is 9.87. The average molecular weight is 304 g/mol. The summed E-state index contributed by atoms with van der Waals surface area (Å²) in [6.45, 7) is 8.57. The van der Waals surface area contributed by atoms with Gasteiger partial charge in [0.1, 0.15) is 5.01 Å². The minimum atomic E-state index is -0.133. The maximum absolute atomic E-state index is 11.8. The highest BCUT2D eigenvalue weighted by Crippen LogP contribution is 2.23. The van der Waals surface area contributed by atoms with Gasteiger partial charge in [-0.2, -0.15) is 0 Å². The van der Waals surface area contributed by atoms with E-state index in [-0.39, 0.29) is 17.9 Å². The van der Waals surface area contributed by atoms with E-state index in [1.165, 1.54) is 16.9 Å². The van der Waals surface area contributed by atoms with Crippen LogP contribution >= 0.6 is 11.3 Å². The monoisotopic (exact) mass is 304 g/mol. The normalized spacial score (nSPS) is 11.2. The van der Waals surface area contributed by atoms with Crippen molar-refractivity contribution in [2.24, 2.45) is 0 Å². The molecule has 0 atom stereocenters. The van der Waals surface area contributed by atoms with Crippen LogP contribution in [0.2, 0.25) is 0 Å². The summed E-state index contributed by atoms with van der Waals surface area (Å²) in [6.07, 6.45) is 0. The van der Waals surface area contributed by atoms with Gasteiger partial charge in [-0.05, 0) is 30.0 Å². The summed E-state index contributed by atoms with van der Waals surface area (Å²) in [4.78, 5) is 11.8. The number of anilines is 2. The Morgan fingerprint density at radius 2 is 1.86 bits per heavy atom. The number of nitrogens with zero attached hydrogens (tertiary/aromatic N) is 2. The average Bonchev–Trinajstić information content (AvgIpc) is 2.81. The highest BCUT2D eigenvalue weighted by molar-refractivity contribution is 7.15. The number of rotatable bonds is 4. The third kappa shape index (κ3) is 4.53. The Hall–Kier alpha value is -1.95. The Labute approximate surface area is 128 Å². The first-order valence-electron chi connectivity index (χ1n) is 6.79. The largest absolute Gasteiger partial charge is 0.376 e. The van der Waals surface area contributed by atoms with Crippen molar-refractivity contribution in [3.63, 3.8) is 0 Å². The van der Waals surface area contributed by atoms with Gasteiger partial charge in [-0.3, -0.25) is 10.1 Å². The second-order valence-electron chi connectivity index (χ2n) is 5.86. The fourth-order valence-corrected chi connectivity index (χ4v) is 2.39. The smallest absolute Gasteiger partial charge is 0.245 e. The summed E-state index contributed by atoms with van der Waals surface area (Å²) < 4.78 is 0. The summed E-state index contributed by atoms with van der Waals surface area (Å²) in [5.41, 5.74) is 2.32. The van der Waals surface area contributed by atoms with E-state index in [1.54, 1.807) is 0 Å². The number of aromatic nitrogens is 2. The molecule has 0 saturated heterocycles. The molecule has 2 aromatic rings. The molecule has 0 aliphatic heterocycles. The molecule has 2 rings (SSSR count). The Kier molecular flexibility index (Phi) is 4.57. The number of carbonyl (C=O) groups is 1. The van der Waals surface area contributed by atoms with Gasteiger partial charge in [0.25, 0.3) is 0 Å². The molecule has 112 valence electrons. The van der Waals surface area contributed by atoms with Crippen LogP contribution in [0.15, 0.2) is 24.3 Å². The number of carbonyl (C=O) groups excluding carboxylic acids is 1. The van der Waals surface area contributed by atoms with Gasteiger partial charge in [-0.25, -0.2) is 0 Å².